The molecule has 6 heteroatoms. The number of fused-ring (bicyclic) bond motifs is 1. The molecule has 0 saturated heterocycles. The highest BCUT2D eigenvalue weighted by Gasteiger charge is 2.28. The zero-order valence-corrected chi connectivity index (χ0v) is 17.0. The van der Waals surface area contributed by atoms with E-state index in [0.717, 1.165) is 43.5 Å². The highest BCUT2D eigenvalue weighted by Crippen LogP contribution is 2.22. The molecule has 0 aliphatic carbocycles. The molecule has 0 saturated carbocycles. The highest BCUT2D eigenvalue weighted by molar-refractivity contribution is 5.97. The molecule has 6 nitrogen and oxygen atoms in total. The van der Waals surface area contributed by atoms with Crippen molar-refractivity contribution in [3.8, 4) is 0 Å². The first-order chi connectivity index (χ1) is 13.5. The number of benzene rings is 1. The molecule has 1 aromatic heterocycles. The molecule has 1 aromatic carbocycles. The molecule has 0 spiro atoms. The Labute approximate surface area is 166 Å². The van der Waals surface area contributed by atoms with Gasteiger partial charge in [-0.05, 0) is 44.1 Å². The molecular formula is C22H30N4O2. The van der Waals surface area contributed by atoms with Gasteiger partial charge >= 0.3 is 0 Å². The number of hydrogen-bond acceptors (Lipinski definition) is 3. The maximum Gasteiger partial charge on any atom is 0.287 e. The van der Waals surface area contributed by atoms with Gasteiger partial charge in [0, 0.05) is 13.1 Å². The van der Waals surface area contributed by atoms with Gasteiger partial charge in [-0.15, -0.1) is 0 Å². The van der Waals surface area contributed by atoms with Gasteiger partial charge in [-0.2, -0.15) is 0 Å². The van der Waals surface area contributed by atoms with Gasteiger partial charge in [-0.25, -0.2) is 4.98 Å². The average molecular weight is 383 g/mol. The number of carbonyl (C=O) groups is 2. The second-order valence-electron chi connectivity index (χ2n) is 7.88. The van der Waals surface area contributed by atoms with Crippen molar-refractivity contribution in [3.05, 3.63) is 53.1 Å². The quantitative estimate of drug-likeness (QED) is 0.770. The van der Waals surface area contributed by atoms with Gasteiger partial charge in [0.25, 0.3) is 11.8 Å². The van der Waals surface area contributed by atoms with E-state index in [1.54, 1.807) is 0 Å². The molecule has 2 amide bonds. The fraction of sp³-hybridized carbons (Fsp3) is 0.500. The fourth-order valence-corrected chi connectivity index (χ4v) is 3.54. The summed E-state index contributed by atoms with van der Waals surface area (Å²) in [5.74, 6) is 0.466. The van der Waals surface area contributed by atoms with Crippen LogP contribution in [0.1, 0.15) is 78.4 Å². The van der Waals surface area contributed by atoms with Crippen LogP contribution in [0.3, 0.4) is 0 Å². The summed E-state index contributed by atoms with van der Waals surface area (Å²) in [4.78, 5) is 30.0. The van der Waals surface area contributed by atoms with Crippen molar-refractivity contribution < 1.29 is 9.59 Å². The van der Waals surface area contributed by atoms with E-state index in [4.69, 9.17) is 0 Å². The maximum absolute atomic E-state index is 12.9. The van der Waals surface area contributed by atoms with Gasteiger partial charge in [0.2, 0.25) is 0 Å². The number of hydrogen-bond donors (Lipinski definition) is 2. The standard InChI is InChI=1S/C22H30N4O2/c1-15(2)12-13-23-22(28)20-25-19(18-11-7-8-14-26(18)20)21(27)24-16(3)17-9-5-4-6-10-17/h4-6,9-10,15-16H,7-8,11-14H2,1-3H3,(H,23,28)(H,24,27). The molecule has 150 valence electrons. The second kappa shape index (κ2) is 9.04. The first-order valence-corrected chi connectivity index (χ1v) is 10.2. The van der Waals surface area contributed by atoms with Crippen LogP contribution >= 0.6 is 0 Å². The van der Waals surface area contributed by atoms with E-state index < -0.39 is 0 Å². The van der Waals surface area contributed by atoms with Crippen LogP contribution in [-0.2, 0) is 13.0 Å². The van der Waals surface area contributed by atoms with Crippen molar-refractivity contribution in [1.29, 1.82) is 0 Å². The summed E-state index contributed by atoms with van der Waals surface area (Å²) in [5, 5.41) is 5.97. The Hall–Kier alpha value is -2.63. The SMILES string of the molecule is CC(C)CCNC(=O)c1nc(C(=O)NC(C)c2ccccc2)c2n1CCCC2. The van der Waals surface area contributed by atoms with Crippen LogP contribution in [0.5, 0.6) is 0 Å². The highest BCUT2D eigenvalue weighted by atomic mass is 16.2. The summed E-state index contributed by atoms with van der Waals surface area (Å²) in [7, 11) is 0. The van der Waals surface area contributed by atoms with E-state index in [2.05, 4.69) is 29.5 Å². The van der Waals surface area contributed by atoms with E-state index in [9.17, 15) is 9.59 Å². The molecule has 1 unspecified atom stereocenters. The number of rotatable bonds is 7. The van der Waals surface area contributed by atoms with Gasteiger partial charge < -0.3 is 15.2 Å². The summed E-state index contributed by atoms with van der Waals surface area (Å²) in [6.45, 7) is 7.55. The molecule has 2 N–H and O–H groups in total. The third-order valence-electron chi connectivity index (χ3n) is 5.19. The first kappa shape index (κ1) is 20.1. The van der Waals surface area contributed by atoms with Crippen LogP contribution in [0.25, 0.3) is 0 Å². The predicted molar refractivity (Wildman–Crippen MR) is 109 cm³/mol. The molecule has 2 heterocycles. The fourth-order valence-electron chi connectivity index (χ4n) is 3.54. The third-order valence-corrected chi connectivity index (χ3v) is 5.19. The van der Waals surface area contributed by atoms with E-state index >= 15 is 0 Å². The van der Waals surface area contributed by atoms with E-state index in [1.165, 1.54) is 0 Å². The number of imidazole rings is 1. The summed E-state index contributed by atoms with van der Waals surface area (Å²) in [6.07, 6.45) is 3.70. The minimum Gasteiger partial charge on any atom is -0.349 e. The van der Waals surface area contributed by atoms with Gasteiger partial charge in [-0.3, -0.25) is 9.59 Å². The predicted octanol–water partition coefficient (Wildman–Crippen LogP) is 3.49. The lowest BCUT2D eigenvalue weighted by molar-refractivity contribution is 0.0933. The molecule has 1 aliphatic heterocycles. The van der Waals surface area contributed by atoms with Crippen LogP contribution in [0.4, 0.5) is 0 Å². The lowest BCUT2D eigenvalue weighted by Gasteiger charge is -2.18. The zero-order chi connectivity index (χ0) is 20.1. The largest absolute Gasteiger partial charge is 0.349 e. The summed E-state index contributed by atoms with van der Waals surface area (Å²) in [6, 6.07) is 9.71. The Morgan fingerprint density at radius 2 is 1.86 bits per heavy atom. The third kappa shape index (κ3) is 4.61. The van der Waals surface area contributed by atoms with Crippen molar-refractivity contribution in [2.24, 2.45) is 5.92 Å². The second-order valence-corrected chi connectivity index (χ2v) is 7.88. The van der Waals surface area contributed by atoms with Crippen LogP contribution in [-0.4, -0.2) is 27.9 Å². The Morgan fingerprint density at radius 3 is 2.57 bits per heavy atom. The monoisotopic (exact) mass is 382 g/mol. The molecule has 0 fully saturated rings. The zero-order valence-electron chi connectivity index (χ0n) is 17.0. The Morgan fingerprint density at radius 1 is 1.11 bits per heavy atom. The molecule has 3 rings (SSSR count). The number of carbonyl (C=O) groups excluding carboxylic acids is 2. The Bertz CT molecular complexity index is 827. The van der Waals surface area contributed by atoms with Crippen molar-refractivity contribution in [2.75, 3.05) is 6.54 Å². The van der Waals surface area contributed by atoms with Gasteiger partial charge in [0.15, 0.2) is 5.82 Å². The first-order valence-electron chi connectivity index (χ1n) is 10.2. The molecule has 0 bridgehead atoms. The number of nitrogens with zero attached hydrogens (tertiary/aromatic N) is 2. The lowest BCUT2D eigenvalue weighted by Crippen LogP contribution is -2.29. The molecule has 0 radical (unpaired) electrons. The smallest absolute Gasteiger partial charge is 0.287 e. The number of nitrogens with one attached hydrogen (secondary N) is 2. The molecule has 28 heavy (non-hydrogen) atoms. The van der Waals surface area contributed by atoms with Crippen LogP contribution in [0.2, 0.25) is 0 Å². The van der Waals surface area contributed by atoms with Crippen LogP contribution in [0.15, 0.2) is 30.3 Å². The van der Waals surface area contributed by atoms with Crippen LogP contribution < -0.4 is 10.6 Å². The maximum atomic E-state index is 12.9. The lowest BCUT2D eigenvalue weighted by atomic mass is 10.1. The average Bonchev–Trinajstić information content (AvgIpc) is 3.08. The van der Waals surface area contributed by atoms with Gasteiger partial charge in [-0.1, -0.05) is 44.2 Å². The van der Waals surface area contributed by atoms with Crippen molar-refractivity contribution in [3.63, 3.8) is 0 Å². The minimum atomic E-state index is -0.219. The molecular weight excluding hydrogens is 352 g/mol. The van der Waals surface area contributed by atoms with E-state index in [1.807, 2.05) is 41.8 Å². The van der Waals surface area contributed by atoms with Gasteiger partial charge in [0.05, 0.1) is 11.7 Å². The Kier molecular flexibility index (Phi) is 6.49. The minimum absolute atomic E-state index is 0.127. The van der Waals surface area contributed by atoms with Crippen molar-refractivity contribution >= 4 is 11.8 Å². The molecule has 1 aliphatic rings. The van der Waals surface area contributed by atoms with Gasteiger partial charge in [0.1, 0.15) is 5.69 Å². The van der Waals surface area contributed by atoms with Crippen molar-refractivity contribution in [1.82, 2.24) is 20.2 Å². The summed E-state index contributed by atoms with van der Waals surface area (Å²) in [5.41, 5.74) is 2.30. The summed E-state index contributed by atoms with van der Waals surface area (Å²) >= 11 is 0. The van der Waals surface area contributed by atoms with Crippen molar-refractivity contribution in [2.45, 2.75) is 59.0 Å². The topological polar surface area (TPSA) is 76.0 Å². The number of amides is 2. The normalized spacial score (nSPS) is 14.4. The Balaban J connectivity index is 1.78. The number of aromatic nitrogens is 2. The molecule has 2 aromatic rings. The van der Waals surface area contributed by atoms with Crippen LogP contribution in [0, 0.1) is 5.92 Å². The molecule has 1 atom stereocenters. The summed E-state index contributed by atoms with van der Waals surface area (Å²) < 4.78 is 1.93. The van der Waals surface area contributed by atoms with E-state index in [-0.39, 0.29) is 17.9 Å². The van der Waals surface area contributed by atoms with E-state index in [0.29, 0.717) is 24.0 Å².